The highest BCUT2D eigenvalue weighted by Gasteiger charge is 2.18. The number of carbonyl (C=O) groups excluding carboxylic acids is 1. The van der Waals surface area contributed by atoms with Gasteiger partial charge in [0.15, 0.2) is 0 Å². The Labute approximate surface area is 116 Å². The molecule has 3 N–H and O–H groups in total. The Morgan fingerprint density at radius 2 is 1.85 bits per heavy atom. The van der Waals surface area contributed by atoms with Crippen LogP contribution in [0.2, 0.25) is 0 Å². The highest BCUT2D eigenvalue weighted by molar-refractivity contribution is 7.90. The Balaban J connectivity index is 3.21. The number of carbonyl (C=O) groups is 2. The van der Waals surface area contributed by atoms with Crippen molar-refractivity contribution in [1.82, 2.24) is 4.31 Å². The fourth-order valence-corrected chi connectivity index (χ4v) is 1.96. The van der Waals surface area contributed by atoms with E-state index in [0.29, 0.717) is 0 Å². The number of nitrogens with zero attached hydrogens (tertiary/aromatic N) is 1. The highest BCUT2D eigenvalue weighted by Crippen LogP contribution is 2.22. The Morgan fingerprint density at radius 3 is 2.30 bits per heavy atom. The van der Waals surface area contributed by atoms with Crippen LogP contribution in [-0.2, 0) is 15.0 Å². The van der Waals surface area contributed by atoms with Crippen LogP contribution in [0.25, 0.3) is 0 Å². The summed E-state index contributed by atoms with van der Waals surface area (Å²) >= 11 is 0. The van der Waals surface area contributed by atoms with Crippen molar-refractivity contribution in [2.75, 3.05) is 24.1 Å². The first-order valence-electron chi connectivity index (χ1n) is 5.48. The van der Waals surface area contributed by atoms with Crippen molar-refractivity contribution >= 4 is 33.5 Å². The van der Waals surface area contributed by atoms with E-state index >= 15 is 0 Å². The van der Waals surface area contributed by atoms with Crippen LogP contribution in [0, 0.1) is 0 Å². The molecule has 0 atom stereocenters. The average Bonchev–Trinajstić information content (AvgIpc) is 2.29. The molecule has 9 heteroatoms. The van der Waals surface area contributed by atoms with Crippen molar-refractivity contribution in [3.8, 4) is 0 Å². The van der Waals surface area contributed by atoms with Gasteiger partial charge in [-0.1, -0.05) is 0 Å². The van der Waals surface area contributed by atoms with Crippen LogP contribution in [0.15, 0.2) is 18.2 Å². The maximum atomic E-state index is 11.7. The molecule has 1 aromatic carbocycles. The molecular weight excluding hydrogens is 286 g/mol. The molecule has 20 heavy (non-hydrogen) atoms. The summed E-state index contributed by atoms with van der Waals surface area (Å²) in [6.45, 7) is 1.28. The minimum absolute atomic E-state index is 0.0831. The summed E-state index contributed by atoms with van der Waals surface area (Å²) in [4.78, 5) is 22.1. The first-order chi connectivity index (χ1) is 9.13. The number of benzene rings is 1. The number of nitrogens with one attached hydrogen (secondary N) is 2. The first-order valence-corrected chi connectivity index (χ1v) is 6.92. The summed E-state index contributed by atoms with van der Waals surface area (Å²) in [5.41, 5.74) is -0.0790. The Morgan fingerprint density at radius 1 is 1.25 bits per heavy atom. The number of carboxylic acids is 1. The number of amides is 1. The maximum absolute atomic E-state index is 11.7. The van der Waals surface area contributed by atoms with E-state index in [1.165, 1.54) is 39.2 Å². The summed E-state index contributed by atoms with van der Waals surface area (Å²) in [6, 6.07) is 3.86. The van der Waals surface area contributed by atoms with Gasteiger partial charge in [-0.25, -0.2) is 4.79 Å². The molecule has 0 aliphatic carbocycles. The minimum atomic E-state index is -3.81. The van der Waals surface area contributed by atoms with Crippen LogP contribution in [0.5, 0.6) is 0 Å². The zero-order valence-electron chi connectivity index (χ0n) is 11.2. The van der Waals surface area contributed by atoms with E-state index in [0.717, 1.165) is 4.31 Å². The number of aromatic carboxylic acids is 1. The fourth-order valence-electron chi connectivity index (χ4n) is 1.32. The molecule has 0 aliphatic rings. The molecule has 1 aromatic rings. The third-order valence-electron chi connectivity index (χ3n) is 2.29. The number of rotatable bonds is 5. The van der Waals surface area contributed by atoms with Crippen molar-refractivity contribution in [1.29, 1.82) is 0 Å². The molecule has 0 saturated heterocycles. The zero-order valence-corrected chi connectivity index (χ0v) is 12.0. The monoisotopic (exact) mass is 301 g/mol. The van der Waals surface area contributed by atoms with E-state index in [-0.39, 0.29) is 22.8 Å². The van der Waals surface area contributed by atoms with Gasteiger partial charge in [-0.05, 0) is 18.2 Å². The van der Waals surface area contributed by atoms with Crippen molar-refractivity contribution in [3.05, 3.63) is 23.8 Å². The number of carboxylic acid groups (broad SMARTS) is 1. The van der Waals surface area contributed by atoms with Gasteiger partial charge in [0, 0.05) is 26.7 Å². The molecule has 0 bridgehead atoms. The van der Waals surface area contributed by atoms with Crippen LogP contribution < -0.4 is 10.0 Å². The molecule has 1 amide bonds. The van der Waals surface area contributed by atoms with Gasteiger partial charge in [-0.3, -0.25) is 9.52 Å². The lowest BCUT2D eigenvalue weighted by atomic mass is 10.1. The molecule has 110 valence electrons. The van der Waals surface area contributed by atoms with Gasteiger partial charge < -0.3 is 10.4 Å². The van der Waals surface area contributed by atoms with Crippen LogP contribution in [0.1, 0.15) is 17.3 Å². The quantitative estimate of drug-likeness (QED) is 0.735. The molecule has 0 unspecified atom stereocenters. The Kier molecular flexibility index (Phi) is 4.69. The Hall–Kier alpha value is -2.13. The molecular formula is C11H15N3O5S. The van der Waals surface area contributed by atoms with Gasteiger partial charge in [0.1, 0.15) is 0 Å². The van der Waals surface area contributed by atoms with Crippen molar-refractivity contribution in [2.24, 2.45) is 0 Å². The van der Waals surface area contributed by atoms with Crippen molar-refractivity contribution < 1.29 is 23.1 Å². The third-order valence-corrected chi connectivity index (χ3v) is 3.73. The Bertz CT molecular complexity index is 639. The van der Waals surface area contributed by atoms with Crippen molar-refractivity contribution in [2.45, 2.75) is 6.92 Å². The second-order valence-corrected chi connectivity index (χ2v) is 6.02. The lowest BCUT2D eigenvalue weighted by Crippen LogP contribution is -2.29. The zero-order chi connectivity index (χ0) is 15.5. The lowest BCUT2D eigenvalue weighted by molar-refractivity contribution is -0.114. The molecule has 0 aromatic heterocycles. The van der Waals surface area contributed by atoms with Crippen LogP contribution >= 0.6 is 0 Å². The number of hydrogen-bond acceptors (Lipinski definition) is 4. The predicted molar refractivity (Wildman–Crippen MR) is 73.9 cm³/mol. The van der Waals surface area contributed by atoms with E-state index in [4.69, 9.17) is 5.11 Å². The second kappa shape index (κ2) is 5.88. The van der Waals surface area contributed by atoms with E-state index in [2.05, 4.69) is 10.0 Å². The topological polar surface area (TPSA) is 116 Å². The number of hydrogen-bond donors (Lipinski definition) is 3. The van der Waals surface area contributed by atoms with E-state index in [9.17, 15) is 18.0 Å². The smallest absolute Gasteiger partial charge is 0.337 e. The van der Waals surface area contributed by atoms with E-state index in [1.807, 2.05) is 0 Å². The molecule has 0 radical (unpaired) electrons. The normalized spacial score (nSPS) is 11.2. The average molecular weight is 301 g/mol. The minimum Gasteiger partial charge on any atom is -0.478 e. The summed E-state index contributed by atoms with van der Waals surface area (Å²) in [5, 5.41) is 11.5. The third kappa shape index (κ3) is 3.93. The molecule has 0 heterocycles. The second-order valence-electron chi connectivity index (χ2n) is 4.14. The van der Waals surface area contributed by atoms with Gasteiger partial charge in [0.25, 0.3) is 0 Å². The van der Waals surface area contributed by atoms with Crippen molar-refractivity contribution in [3.63, 3.8) is 0 Å². The van der Waals surface area contributed by atoms with Crippen LogP contribution in [-0.4, -0.2) is 43.8 Å². The predicted octanol–water partition coefficient (Wildman–Crippen LogP) is 0.561. The lowest BCUT2D eigenvalue weighted by Gasteiger charge is -2.15. The molecule has 1 rings (SSSR count). The molecule has 0 aliphatic heterocycles. The molecule has 0 spiro atoms. The largest absolute Gasteiger partial charge is 0.478 e. The summed E-state index contributed by atoms with van der Waals surface area (Å²) in [5.74, 6) is -1.67. The standard InChI is InChI=1S/C11H15N3O5S/c1-7(15)12-8-4-5-10(9(6-8)11(16)17)13-20(18,19)14(2)3/h4-6,13H,1-3H3,(H,12,15)(H,16,17). The van der Waals surface area contributed by atoms with Gasteiger partial charge in [0.05, 0.1) is 11.3 Å². The fraction of sp³-hybridized carbons (Fsp3) is 0.273. The van der Waals surface area contributed by atoms with Gasteiger partial charge >= 0.3 is 16.2 Å². The van der Waals surface area contributed by atoms with Crippen LogP contribution in [0.3, 0.4) is 0 Å². The summed E-state index contributed by atoms with van der Waals surface area (Å²) in [7, 11) is -1.18. The summed E-state index contributed by atoms with van der Waals surface area (Å²) < 4.78 is 26.4. The van der Waals surface area contributed by atoms with Crippen LogP contribution in [0.4, 0.5) is 11.4 Å². The summed E-state index contributed by atoms with van der Waals surface area (Å²) in [6.07, 6.45) is 0. The van der Waals surface area contributed by atoms with Gasteiger partial charge in [-0.2, -0.15) is 12.7 Å². The SMILES string of the molecule is CC(=O)Nc1ccc(NS(=O)(=O)N(C)C)c(C(=O)O)c1. The molecule has 0 fully saturated rings. The van der Waals surface area contributed by atoms with E-state index < -0.39 is 16.2 Å². The first kappa shape index (κ1) is 15.9. The number of anilines is 2. The van der Waals surface area contributed by atoms with Gasteiger partial charge in [-0.15, -0.1) is 0 Å². The van der Waals surface area contributed by atoms with E-state index in [1.54, 1.807) is 0 Å². The van der Waals surface area contributed by atoms with Gasteiger partial charge in [0.2, 0.25) is 5.91 Å². The maximum Gasteiger partial charge on any atom is 0.337 e. The molecule has 0 saturated carbocycles. The highest BCUT2D eigenvalue weighted by atomic mass is 32.2. The molecule has 8 nitrogen and oxygen atoms in total.